The molecule has 1 atom stereocenters. The molecule has 1 unspecified atom stereocenters. The summed E-state index contributed by atoms with van der Waals surface area (Å²) in [6.45, 7) is 2.43. The lowest BCUT2D eigenvalue weighted by molar-refractivity contribution is 0.139. The van der Waals surface area contributed by atoms with Crippen LogP contribution in [0.3, 0.4) is 0 Å². The molecule has 2 aliphatic rings. The molecule has 56 valence electrons. The number of hydrogen-bond acceptors (Lipinski definition) is 0. The summed E-state index contributed by atoms with van der Waals surface area (Å²) in [7, 11) is 2.43. The van der Waals surface area contributed by atoms with Gasteiger partial charge in [-0.1, -0.05) is 25.1 Å². The van der Waals surface area contributed by atoms with Gasteiger partial charge in [-0.3, -0.25) is 0 Å². The van der Waals surface area contributed by atoms with E-state index in [0.29, 0.717) is 5.31 Å². The summed E-state index contributed by atoms with van der Waals surface area (Å²) in [5, 5.41) is 0.681. The van der Waals surface area contributed by atoms with E-state index in [1.54, 1.807) is 0 Å². The second-order valence-electron chi connectivity index (χ2n) is 5.19. The highest BCUT2D eigenvalue weighted by molar-refractivity contribution is 6.15. The van der Waals surface area contributed by atoms with Gasteiger partial charge < -0.3 is 0 Å². The molecule has 0 bridgehead atoms. The van der Waals surface area contributed by atoms with Gasteiger partial charge in [0.1, 0.15) is 7.85 Å². The predicted molar refractivity (Wildman–Crippen MR) is 47.0 cm³/mol. The molecule has 0 aromatic carbocycles. The van der Waals surface area contributed by atoms with Crippen molar-refractivity contribution in [2.45, 2.75) is 50.8 Å². The van der Waals surface area contributed by atoms with Crippen LogP contribution in [0.25, 0.3) is 0 Å². The van der Waals surface area contributed by atoms with Gasteiger partial charge in [-0.15, -0.1) is 0 Å². The standard InChI is InChI=1S/C9H17B/c1-8(10)5-6-9(7-8)3-2-4-9/h2-7,10H2,1H3. The van der Waals surface area contributed by atoms with Gasteiger partial charge in [0.15, 0.2) is 0 Å². The largest absolute Gasteiger partial charge is 0.109 e. The minimum Gasteiger partial charge on any atom is -0.0669 e. The fourth-order valence-electron chi connectivity index (χ4n) is 2.90. The summed E-state index contributed by atoms with van der Waals surface area (Å²) in [5.74, 6) is 0. The van der Waals surface area contributed by atoms with Crippen molar-refractivity contribution in [3.8, 4) is 0 Å². The molecule has 0 aromatic heterocycles. The van der Waals surface area contributed by atoms with Crippen LogP contribution in [0.15, 0.2) is 0 Å². The van der Waals surface area contributed by atoms with Gasteiger partial charge in [-0.25, -0.2) is 0 Å². The summed E-state index contributed by atoms with van der Waals surface area (Å²) in [5.41, 5.74) is 0.851. The molecule has 0 heterocycles. The molecule has 0 aromatic rings. The van der Waals surface area contributed by atoms with Crippen LogP contribution in [0.5, 0.6) is 0 Å². The van der Waals surface area contributed by atoms with Crippen LogP contribution in [-0.2, 0) is 0 Å². The monoisotopic (exact) mass is 136 g/mol. The molecule has 2 rings (SSSR count). The van der Waals surface area contributed by atoms with Crippen molar-refractivity contribution >= 4 is 7.85 Å². The highest BCUT2D eigenvalue weighted by atomic mass is 14.5. The van der Waals surface area contributed by atoms with Crippen molar-refractivity contribution in [3.63, 3.8) is 0 Å². The number of hydrogen-bond donors (Lipinski definition) is 0. The Hall–Kier alpha value is 0.0649. The zero-order valence-corrected chi connectivity index (χ0v) is 7.24. The molecule has 0 aliphatic heterocycles. The van der Waals surface area contributed by atoms with Crippen LogP contribution in [0.2, 0.25) is 5.31 Å². The molecule has 2 fully saturated rings. The summed E-state index contributed by atoms with van der Waals surface area (Å²) in [6.07, 6.45) is 9.11. The quantitative estimate of drug-likeness (QED) is 0.447. The third-order valence-corrected chi connectivity index (χ3v) is 3.60. The zero-order valence-electron chi connectivity index (χ0n) is 7.24. The normalized spacial score (nSPS) is 43.7. The summed E-state index contributed by atoms with van der Waals surface area (Å²) in [4.78, 5) is 0. The topological polar surface area (TPSA) is 0 Å². The molecule has 0 saturated heterocycles. The summed E-state index contributed by atoms with van der Waals surface area (Å²) >= 11 is 0. The van der Waals surface area contributed by atoms with Gasteiger partial charge in [0, 0.05) is 0 Å². The highest BCUT2D eigenvalue weighted by Gasteiger charge is 2.46. The van der Waals surface area contributed by atoms with E-state index in [1.807, 2.05) is 0 Å². The van der Waals surface area contributed by atoms with Gasteiger partial charge in [-0.05, 0) is 31.1 Å². The lowest BCUT2D eigenvalue weighted by atomic mass is 9.62. The van der Waals surface area contributed by atoms with Gasteiger partial charge in [0.25, 0.3) is 0 Å². The van der Waals surface area contributed by atoms with Crippen molar-refractivity contribution in [2.24, 2.45) is 5.41 Å². The predicted octanol–water partition coefficient (Wildman–Crippen LogP) is 2.15. The lowest BCUT2D eigenvalue weighted by Crippen LogP contribution is -2.26. The highest BCUT2D eigenvalue weighted by Crippen LogP contribution is 2.61. The maximum absolute atomic E-state index is 2.43. The van der Waals surface area contributed by atoms with Gasteiger partial charge in [0.2, 0.25) is 0 Å². The Morgan fingerprint density at radius 2 is 1.80 bits per heavy atom. The molecule has 0 amide bonds. The van der Waals surface area contributed by atoms with Crippen molar-refractivity contribution in [3.05, 3.63) is 0 Å². The van der Waals surface area contributed by atoms with E-state index in [4.69, 9.17) is 0 Å². The van der Waals surface area contributed by atoms with Crippen LogP contribution in [0.1, 0.15) is 45.4 Å². The average Bonchev–Trinajstić information content (AvgIpc) is 2.04. The summed E-state index contributed by atoms with van der Waals surface area (Å²) in [6, 6.07) is 0. The van der Waals surface area contributed by atoms with E-state index in [0.717, 1.165) is 5.41 Å². The van der Waals surface area contributed by atoms with Crippen LogP contribution >= 0.6 is 0 Å². The third-order valence-electron chi connectivity index (χ3n) is 3.60. The molecule has 1 spiro atoms. The van der Waals surface area contributed by atoms with Crippen LogP contribution in [0, 0.1) is 5.41 Å². The van der Waals surface area contributed by atoms with Crippen LogP contribution < -0.4 is 0 Å². The SMILES string of the molecule is BC1(C)CCC2(CCC2)C1. The van der Waals surface area contributed by atoms with E-state index in [-0.39, 0.29) is 0 Å². The molecule has 2 aliphatic carbocycles. The smallest absolute Gasteiger partial charge is 0.0669 e. The van der Waals surface area contributed by atoms with Crippen molar-refractivity contribution < 1.29 is 0 Å². The fourth-order valence-corrected chi connectivity index (χ4v) is 2.90. The van der Waals surface area contributed by atoms with Crippen LogP contribution in [-0.4, -0.2) is 7.85 Å². The lowest BCUT2D eigenvalue weighted by Gasteiger charge is -2.39. The molecule has 1 heteroatoms. The molecule has 0 nitrogen and oxygen atoms in total. The zero-order chi connectivity index (χ0) is 7.24. The summed E-state index contributed by atoms with van der Waals surface area (Å²) < 4.78 is 0. The maximum Gasteiger partial charge on any atom is 0.109 e. The second kappa shape index (κ2) is 1.81. The first-order valence-corrected chi connectivity index (χ1v) is 4.62. The van der Waals surface area contributed by atoms with Gasteiger partial charge in [-0.2, -0.15) is 0 Å². The molecule has 0 radical (unpaired) electrons. The fraction of sp³-hybridized carbons (Fsp3) is 1.00. The first kappa shape index (κ1) is 6.76. The number of rotatable bonds is 0. The van der Waals surface area contributed by atoms with Gasteiger partial charge in [0.05, 0.1) is 0 Å². The minimum atomic E-state index is 0.681. The van der Waals surface area contributed by atoms with E-state index in [1.165, 1.54) is 38.5 Å². The molecule has 0 N–H and O–H groups in total. The first-order valence-electron chi connectivity index (χ1n) is 4.62. The molecule has 10 heavy (non-hydrogen) atoms. The molecule has 2 saturated carbocycles. The molecular formula is C9H17B. The Kier molecular flexibility index (Phi) is 1.22. The Morgan fingerprint density at radius 1 is 1.10 bits per heavy atom. The van der Waals surface area contributed by atoms with Crippen LogP contribution in [0.4, 0.5) is 0 Å². The first-order chi connectivity index (χ1) is 4.62. The second-order valence-corrected chi connectivity index (χ2v) is 5.19. The van der Waals surface area contributed by atoms with E-state index >= 15 is 0 Å². The maximum atomic E-state index is 2.43. The van der Waals surface area contributed by atoms with Crippen molar-refractivity contribution in [2.75, 3.05) is 0 Å². The molecular weight excluding hydrogens is 119 g/mol. The Bertz CT molecular complexity index is 145. The Morgan fingerprint density at radius 3 is 2.00 bits per heavy atom. The average molecular weight is 136 g/mol. The van der Waals surface area contributed by atoms with Crippen molar-refractivity contribution in [1.29, 1.82) is 0 Å². The van der Waals surface area contributed by atoms with E-state index < -0.39 is 0 Å². The Labute approximate surface area is 64.8 Å². The minimum absolute atomic E-state index is 0.681. The third kappa shape index (κ3) is 0.907. The Balaban J connectivity index is 2.05. The van der Waals surface area contributed by atoms with Crippen molar-refractivity contribution in [1.82, 2.24) is 0 Å². The van der Waals surface area contributed by atoms with E-state index in [2.05, 4.69) is 14.8 Å². The van der Waals surface area contributed by atoms with Gasteiger partial charge >= 0.3 is 0 Å². The van der Waals surface area contributed by atoms with E-state index in [9.17, 15) is 0 Å².